The van der Waals surface area contributed by atoms with E-state index in [0.29, 0.717) is 5.75 Å². The van der Waals surface area contributed by atoms with E-state index in [2.05, 4.69) is 61.1 Å². The molecule has 22 heavy (non-hydrogen) atoms. The Kier molecular flexibility index (Phi) is 3.92. The molecule has 0 aliphatic carbocycles. The number of phenolic OH excluding ortho intramolecular Hbond substituents is 1. The van der Waals surface area contributed by atoms with Crippen LogP contribution in [0.3, 0.4) is 0 Å². The van der Waals surface area contributed by atoms with Crippen LogP contribution in [-0.4, -0.2) is 5.11 Å². The predicted molar refractivity (Wildman–Crippen MR) is 87.8 cm³/mol. The van der Waals surface area contributed by atoms with Crippen molar-refractivity contribution in [3.63, 3.8) is 0 Å². The molecule has 0 fully saturated rings. The van der Waals surface area contributed by atoms with Crippen molar-refractivity contribution in [1.82, 2.24) is 0 Å². The molecule has 0 amide bonds. The first kappa shape index (κ1) is 14.3. The predicted octanol–water partition coefficient (Wildman–Crippen LogP) is 3.71. The fourth-order valence-electron chi connectivity index (χ4n) is 2.80. The first-order valence-corrected chi connectivity index (χ1v) is 7.45. The molecule has 2 nitrogen and oxygen atoms in total. The minimum Gasteiger partial charge on any atom is -0.508 e. The van der Waals surface area contributed by atoms with Gasteiger partial charge in [-0.3, -0.25) is 0 Å². The van der Waals surface area contributed by atoms with Gasteiger partial charge in [0.15, 0.2) is 11.9 Å². The lowest BCUT2D eigenvalue weighted by atomic mass is 9.87. The van der Waals surface area contributed by atoms with Gasteiger partial charge in [-0.15, -0.1) is 0 Å². The average molecular weight is 290 g/mol. The van der Waals surface area contributed by atoms with Crippen molar-refractivity contribution in [2.24, 2.45) is 7.05 Å². The van der Waals surface area contributed by atoms with E-state index in [4.69, 9.17) is 0 Å². The normalized spacial score (nSPS) is 12.1. The number of rotatable bonds is 3. The first-order chi connectivity index (χ1) is 10.6. The van der Waals surface area contributed by atoms with E-state index in [1.807, 2.05) is 18.2 Å². The maximum atomic E-state index is 9.57. The molecule has 1 atom stereocenters. The smallest absolute Gasteiger partial charge is 0.193 e. The molecule has 0 aliphatic heterocycles. The third kappa shape index (κ3) is 2.86. The molecule has 0 aliphatic rings. The number of aromatic nitrogens is 1. The lowest BCUT2D eigenvalue weighted by molar-refractivity contribution is -0.679. The van der Waals surface area contributed by atoms with Gasteiger partial charge in [-0.05, 0) is 30.2 Å². The van der Waals surface area contributed by atoms with Gasteiger partial charge in [-0.25, -0.2) is 4.57 Å². The fourth-order valence-corrected chi connectivity index (χ4v) is 2.80. The molecule has 0 saturated carbocycles. The summed E-state index contributed by atoms with van der Waals surface area (Å²) in [6.45, 7) is 2.10. The summed E-state index contributed by atoms with van der Waals surface area (Å²) in [4.78, 5) is 0. The number of phenols is 1. The van der Waals surface area contributed by atoms with Crippen LogP contribution in [-0.2, 0) is 7.05 Å². The van der Waals surface area contributed by atoms with Crippen molar-refractivity contribution in [1.29, 1.82) is 0 Å². The van der Waals surface area contributed by atoms with Gasteiger partial charge in [0.05, 0.1) is 5.92 Å². The van der Waals surface area contributed by atoms with Crippen molar-refractivity contribution < 1.29 is 9.67 Å². The molecule has 2 aromatic carbocycles. The van der Waals surface area contributed by atoms with Gasteiger partial charge in [0, 0.05) is 12.1 Å². The monoisotopic (exact) mass is 290 g/mol. The molecule has 0 saturated heterocycles. The lowest BCUT2D eigenvalue weighted by Gasteiger charge is -2.16. The average Bonchev–Trinajstić information content (AvgIpc) is 2.53. The second kappa shape index (κ2) is 6.02. The van der Waals surface area contributed by atoms with E-state index in [9.17, 15) is 5.11 Å². The highest BCUT2D eigenvalue weighted by atomic mass is 16.3. The zero-order valence-corrected chi connectivity index (χ0v) is 12.9. The Morgan fingerprint density at radius 2 is 1.41 bits per heavy atom. The number of benzene rings is 2. The Morgan fingerprint density at radius 3 is 2.00 bits per heavy atom. The first-order valence-electron chi connectivity index (χ1n) is 7.45. The highest BCUT2D eigenvalue weighted by molar-refractivity contribution is 5.41. The van der Waals surface area contributed by atoms with Gasteiger partial charge < -0.3 is 5.11 Å². The van der Waals surface area contributed by atoms with Crippen LogP contribution in [0, 0.1) is 6.92 Å². The molecule has 0 bridgehead atoms. The zero-order valence-electron chi connectivity index (χ0n) is 12.9. The summed E-state index contributed by atoms with van der Waals surface area (Å²) in [6, 6.07) is 22.4. The number of aryl methyl sites for hydroxylation is 2. The standard InChI is InChI=1S/C20H19NO/c1-15-6-8-16(9-7-15)20(17-10-12-18(22)13-11-17)19-5-3-4-14-21(19)2/h3-14,20H,1-2H3/p+1. The second-order valence-electron chi connectivity index (χ2n) is 5.67. The summed E-state index contributed by atoms with van der Waals surface area (Å²) < 4.78 is 2.15. The van der Waals surface area contributed by atoms with Gasteiger partial charge in [0.2, 0.25) is 0 Å². The third-order valence-corrected chi connectivity index (χ3v) is 4.03. The van der Waals surface area contributed by atoms with Gasteiger partial charge >= 0.3 is 0 Å². The number of nitrogens with zero attached hydrogens (tertiary/aromatic N) is 1. The number of pyridine rings is 1. The van der Waals surface area contributed by atoms with Gasteiger partial charge in [0.25, 0.3) is 0 Å². The molecule has 0 spiro atoms. The highest BCUT2D eigenvalue weighted by Gasteiger charge is 2.23. The Labute approximate surface area is 131 Å². The van der Waals surface area contributed by atoms with Crippen molar-refractivity contribution in [2.75, 3.05) is 0 Å². The molecular weight excluding hydrogens is 270 g/mol. The van der Waals surface area contributed by atoms with E-state index in [1.165, 1.54) is 22.4 Å². The minimum atomic E-state index is 0.146. The molecule has 3 rings (SSSR count). The number of aromatic hydroxyl groups is 1. The maximum absolute atomic E-state index is 9.57. The van der Waals surface area contributed by atoms with Crippen molar-refractivity contribution in [3.8, 4) is 5.75 Å². The Bertz CT molecular complexity index is 715. The highest BCUT2D eigenvalue weighted by Crippen LogP contribution is 2.31. The van der Waals surface area contributed by atoms with Crippen LogP contribution in [0.4, 0.5) is 0 Å². The van der Waals surface area contributed by atoms with E-state index < -0.39 is 0 Å². The third-order valence-electron chi connectivity index (χ3n) is 4.03. The zero-order chi connectivity index (χ0) is 15.5. The van der Waals surface area contributed by atoms with E-state index in [-0.39, 0.29) is 5.92 Å². The van der Waals surface area contributed by atoms with Crippen molar-refractivity contribution >= 4 is 0 Å². The molecule has 1 heterocycles. The molecular formula is C20H20NO+. The van der Waals surface area contributed by atoms with Crippen LogP contribution in [0.2, 0.25) is 0 Å². The van der Waals surface area contributed by atoms with Crippen molar-refractivity contribution in [2.45, 2.75) is 12.8 Å². The number of hydrogen-bond acceptors (Lipinski definition) is 1. The summed E-state index contributed by atoms with van der Waals surface area (Å²) in [5.74, 6) is 0.441. The van der Waals surface area contributed by atoms with Gasteiger partial charge in [-0.1, -0.05) is 48.0 Å². The molecule has 1 aromatic heterocycles. The Morgan fingerprint density at radius 1 is 0.818 bits per heavy atom. The van der Waals surface area contributed by atoms with E-state index in [0.717, 1.165) is 0 Å². The SMILES string of the molecule is Cc1ccc(C(c2ccc(O)cc2)c2cccc[n+]2C)cc1. The van der Waals surface area contributed by atoms with E-state index >= 15 is 0 Å². The molecule has 1 unspecified atom stereocenters. The van der Waals surface area contributed by atoms with Crippen molar-refractivity contribution in [3.05, 3.63) is 95.3 Å². The van der Waals surface area contributed by atoms with Crippen LogP contribution < -0.4 is 4.57 Å². The van der Waals surface area contributed by atoms with Crippen LogP contribution >= 0.6 is 0 Å². The van der Waals surface area contributed by atoms with E-state index in [1.54, 1.807) is 12.1 Å². The summed E-state index contributed by atoms with van der Waals surface area (Å²) in [5, 5.41) is 9.57. The second-order valence-corrected chi connectivity index (χ2v) is 5.67. The molecule has 2 heteroatoms. The van der Waals surface area contributed by atoms with Gasteiger partial charge in [0.1, 0.15) is 12.8 Å². The molecule has 0 radical (unpaired) electrons. The quantitative estimate of drug-likeness (QED) is 0.731. The molecule has 110 valence electrons. The van der Waals surface area contributed by atoms with Crippen LogP contribution in [0.5, 0.6) is 5.75 Å². The topological polar surface area (TPSA) is 24.1 Å². The Hall–Kier alpha value is -2.61. The molecule has 1 N–H and O–H groups in total. The summed E-state index contributed by atoms with van der Waals surface area (Å²) in [5.41, 5.74) is 4.89. The summed E-state index contributed by atoms with van der Waals surface area (Å²) in [7, 11) is 2.07. The summed E-state index contributed by atoms with van der Waals surface area (Å²) in [6.07, 6.45) is 2.07. The largest absolute Gasteiger partial charge is 0.508 e. The fraction of sp³-hybridized carbons (Fsp3) is 0.150. The Balaban J connectivity index is 2.16. The van der Waals surface area contributed by atoms with Crippen LogP contribution in [0.1, 0.15) is 28.3 Å². The van der Waals surface area contributed by atoms with Crippen LogP contribution in [0.25, 0.3) is 0 Å². The maximum Gasteiger partial charge on any atom is 0.193 e. The molecule has 3 aromatic rings. The number of hydrogen-bond donors (Lipinski definition) is 1. The van der Waals surface area contributed by atoms with Gasteiger partial charge in [-0.2, -0.15) is 0 Å². The summed E-state index contributed by atoms with van der Waals surface area (Å²) >= 11 is 0. The lowest BCUT2D eigenvalue weighted by Crippen LogP contribution is -2.35. The van der Waals surface area contributed by atoms with Crippen LogP contribution in [0.15, 0.2) is 72.9 Å². The minimum absolute atomic E-state index is 0.146.